The van der Waals surface area contributed by atoms with Gasteiger partial charge in [-0.05, 0) is 0 Å². The number of aromatic nitrogens is 5. The maximum Gasteiger partial charge on any atom is 0.303 e. The van der Waals surface area contributed by atoms with Crippen molar-refractivity contribution in [2.24, 2.45) is 0 Å². The van der Waals surface area contributed by atoms with Crippen LogP contribution in [-0.2, 0) is 10.7 Å². The van der Waals surface area contributed by atoms with Gasteiger partial charge in [0.1, 0.15) is 5.82 Å². The van der Waals surface area contributed by atoms with Gasteiger partial charge in [0.25, 0.3) is 0 Å². The number of nitrogens with zero attached hydrogens (tertiary/aromatic N) is 6. The monoisotopic (exact) mass is 389 g/mol. The number of carbonyl (C=O) groups is 1. The molecule has 1 aliphatic heterocycles. The highest BCUT2D eigenvalue weighted by molar-refractivity contribution is 5.95. The van der Waals surface area contributed by atoms with Gasteiger partial charge in [-0.2, -0.15) is 8.78 Å². The number of β-amino-alcohol motifs (C(OH)–C–C–N with tert-alkyl or cyclic N) is 1. The van der Waals surface area contributed by atoms with Crippen LogP contribution in [0.5, 0.6) is 0 Å². The molecule has 1 fully saturated rings. The van der Waals surface area contributed by atoms with Gasteiger partial charge in [0.15, 0.2) is 11.6 Å². The standard InChI is InChI=1S/C17H17F2N7O2/c1-9(27)22-13-5-12-11(6-21-13)15(25-7-10(28)8-25)24-26(12)14-3-4-20-16(23-14)17(2,18)19/h3-6,10,28H,7-8H2,1-2H3,(H,21,22,27). The first kappa shape index (κ1) is 18.2. The van der Waals surface area contributed by atoms with E-state index in [2.05, 4.69) is 25.4 Å². The van der Waals surface area contributed by atoms with Gasteiger partial charge in [-0.15, -0.1) is 5.10 Å². The van der Waals surface area contributed by atoms with E-state index in [1.165, 1.54) is 23.9 Å². The van der Waals surface area contributed by atoms with Gasteiger partial charge in [-0.25, -0.2) is 19.6 Å². The van der Waals surface area contributed by atoms with Gasteiger partial charge in [0.2, 0.25) is 11.7 Å². The van der Waals surface area contributed by atoms with Crippen molar-refractivity contribution in [2.75, 3.05) is 23.3 Å². The molecule has 1 aliphatic rings. The molecule has 0 atom stereocenters. The number of hydrogen-bond donors (Lipinski definition) is 2. The van der Waals surface area contributed by atoms with Crippen molar-refractivity contribution in [3.63, 3.8) is 0 Å². The lowest BCUT2D eigenvalue weighted by Gasteiger charge is -2.36. The molecule has 0 aliphatic carbocycles. The Morgan fingerprint density at radius 1 is 1.36 bits per heavy atom. The molecule has 146 valence electrons. The molecule has 0 bridgehead atoms. The number of rotatable bonds is 4. The van der Waals surface area contributed by atoms with Crippen molar-refractivity contribution >= 4 is 28.4 Å². The molecule has 0 unspecified atom stereocenters. The van der Waals surface area contributed by atoms with Crippen molar-refractivity contribution in [1.29, 1.82) is 0 Å². The molecule has 28 heavy (non-hydrogen) atoms. The van der Waals surface area contributed by atoms with Crippen LogP contribution in [0.25, 0.3) is 16.7 Å². The molecule has 0 saturated carbocycles. The first-order chi connectivity index (χ1) is 13.2. The lowest BCUT2D eigenvalue weighted by atomic mass is 10.1. The molecule has 3 aromatic rings. The maximum atomic E-state index is 13.7. The van der Waals surface area contributed by atoms with Gasteiger partial charge >= 0.3 is 5.92 Å². The number of anilines is 2. The average molecular weight is 389 g/mol. The molecule has 3 aromatic heterocycles. The number of hydrogen-bond acceptors (Lipinski definition) is 7. The predicted molar refractivity (Wildman–Crippen MR) is 96.5 cm³/mol. The van der Waals surface area contributed by atoms with Gasteiger partial charge in [-0.1, -0.05) is 0 Å². The molecular weight excluding hydrogens is 372 g/mol. The van der Waals surface area contributed by atoms with E-state index >= 15 is 0 Å². The van der Waals surface area contributed by atoms with Gasteiger partial charge in [0.05, 0.1) is 17.0 Å². The fourth-order valence-corrected chi connectivity index (χ4v) is 2.96. The lowest BCUT2D eigenvalue weighted by Crippen LogP contribution is -2.51. The summed E-state index contributed by atoms with van der Waals surface area (Å²) in [6, 6.07) is 3.06. The largest absolute Gasteiger partial charge is 0.389 e. The van der Waals surface area contributed by atoms with Crippen LogP contribution in [0.15, 0.2) is 24.5 Å². The van der Waals surface area contributed by atoms with E-state index in [1.807, 2.05) is 4.90 Å². The van der Waals surface area contributed by atoms with Crippen LogP contribution in [-0.4, -0.2) is 54.9 Å². The zero-order chi connectivity index (χ0) is 20.1. The number of amides is 1. The smallest absolute Gasteiger partial charge is 0.303 e. The number of halogens is 2. The molecule has 1 saturated heterocycles. The van der Waals surface area contributed by atoms with Crippen LogP contribution < -0.4 is 10.2 Å². The number of pyridine rings is 1. The molecule has 4 heterocycles. The molecule has 4 rings (SSSR count). The number of alkyl halides is 2. The molecule has 1 amide bonds. The maximum absolute atomic E-state index is 13.7. The van der Waals surface area contributed by atoms with E-state index in [0.29, 0.717) is 35.6 Å². The molecule has 9 nitrogen and oxygen atoms in total. The average Bonchev–Trinajstić information content (AvgIpc) is 2.96. The summed E-state index contributed by atoms with van der Waals surface area (Å²) in [5.74, 6) is -3.11. The normalized spacial score (nSPS) is 15.0. The summed E-state index contributed by atoms with van der Waals surface area (Å²) in [4.78, 5) is 25.0. The van der Waals surface area contributed by atoms with Gasteiger partial charge in [0, 0.05) is 51.5 Å². The van der Waals surface area contributed by atoms with Crippen LogP contribution in [0.4, 0.5) is 20.4 Å². The third-order valence-corrected chi connectivity index (χ3v) is 4.26. The highest BCUT2D eigenvalue weighted by Crippen LogP contribution is 2.32. The summed E-state index contributed by atoms with van der Waals surface area (Å²) in [5.41, 5.74) is 0.527. The van der Waals surface area contributed by atoms with Crippen molar-refractivity contribution in [1.82, 2.24) is 24.7 Å². The molecular formula is C17H17F2N7O2. The number of aliphatic hydroxyl groups excluding tert-OH is 1. The number of aliphatic hydroxyl groups is 1. The Kier molecular flexibility index (Phi) is 4.18. The summed E-state index contributed by atoms with van der Waals surface area (Å²) in [7, 11) is 0. The summed E-state index contributed by atoms with van der Waals surface area (Å²) in [6.45, 7) is 2.89. The zero-order valence-electron chi connectivity index (χ0n) is 15.1. The molecule has 2 N–H and O–H groups in total. The van der Waals surface area contributed by atoms with E-state index in [0.717, 1.165) is 6.92 Å². The zero-order valence-corrected chi connectivity index (χ0v) is 15.1. The third kappa shape index (κ3) is 3.24. The minimum absolute atomic E-state index is 0.156. The highest BCUT2D eigenvalue weighted by Gasteiger charge is 2.31. The highest BCUT2D eigenvalue weighted by atomic mass is 19.3. The van der Waals surface area contributed by atoms with Crippen molar-refractivity contribution in [3.8, 4) is 5.82 Å². The Hall–Kier alpha value is -3.21. The van der Waals surface area contributed by atoms with Crippen LogP contribution in [0, 0.1) is 0 Å². The summed E-state index contributed by atoms with van der Waals surface area (Å²) in [5, 5.41) is 17.3. The molecule has 0 radical (unpaired) electrons. The topological polar surface area (TPSA) is 109 Å². The van der Waals surface area contributed by atoms with Crippen molar-refractivity contribution in [3.05, 3.63) is 30.4 Å². The molecule has 11 heteroatoms. The third-order valence-electron chi connectivity index (χ3n) is 4.26. The Bertz CT molecular complexity index is 1060. The molecule has 0 spiro atoms. The summed E-state index contributed by atoms with van der Waals surface area (Å²) < 4.78 is 28.7. The van der Waals surface area contributed by atoms with E-state index in [1.54, 1.807) is 12.3 Å². The fourth-order valence-electron chi connectivity index (χ4n) is 2.96. The molecule has 0 aromatic carbocycles. The Balaban J connectivity index is 1.87. The van der Waals surface area contributed by atoms with E-state index in [9.17, 15) is 18.7 Å². The second kappa shape index (κ2) is 6.44. The van der Waals surface area contributed by atoms with Gasteiger partial charge in [-0.3, -0.25) is 4.79 Å². The van der Waals surface area contributed by atoms with Crippen LogP contribution in [0.1, 0.15) is 19.7 Å². The number of fused-ring (bicyclic) bond motifs is 1. The Morgan fingerprint density at radius 3 is 2.75 bits per heavy atom. The van der Waals surface area contributed by atoms with Crippen molar-refractivity contribution in [2.45, 2.75) is 25.9 Å². The van der Waals surface area contributed by atoms with E-state index in [-0.39, 0.29) is 11.7 Å². The van der Waals surface area contributed by atoms with E-state index < -0.39 is 17.9 Å². The predicted octanol–water partition coefficient (Wildman–Crippen LogP) is 1.46. The van der Waals surface area contributed by atoms with E-state index in [4.69, 9.17) is 0 Å². The Morgan fingerprint density at radius 2 is 2.11 bits per heavy atom. The van der Waals surface area contributed by atoms with Crippen molar-refractivity contribution < 1.29 is 18.7 Å². The van der Waals surface area contributed by atoms with Crippen LogP contribution in [0.3, 0.4) is 0 Å². The minimum atomic E-state index is -3.20. The first-order valence-electron chi connectivity index (χ1n) is 8.53. The van der Waals surface area contributed by atoms with Gasteiger partial charge < -0.3 is 15.3 Å². The lowest BCUT2D eigenvalue weighted by molar-refractivity contribution is -0.114. The summed E-state index contributed by atoms with van der Waals surface area (Å²) >= 11 is 0. The second-order valence-corrected chi connectivity index (χ2v) is 6.69. The first-order valence-corrected chi connectivity index (χ1v) is 8.53. The SMILES string of the molecule is CC(=O)Nc1cc2c(cn1)c(N1CC(O)C1)nn2-c1ccnc(C(C)(F)F)n1. The minimum Gasteiger partial charge on any atom is -0.389 e. The number of carbonyl (C=O) groups excluding carboxylic acids is 1. The summed E-state index contributed by atoms with van der Waals surface area (Å²) in [6.07, 6.45) is 2.34. The van der Waals surface area contributed by atoms with Crippen LogP contribution in [0.2, 0.25) is 0 Å². The fraction of sp³-hybridized carbons (Fsp3) is 0.353. The Labute approximate surface area is 158 Å². The second-order valence-electron chi connectivity index (χ2n) is 6.69. The number of nitrogens with one attached hydrogen (secondary N) is 1. The van der Waals surface area contributed by atoms with Crippen LogP contribution >= 0.6 is 0 Å². The quantitative estimate of drug-likeness (QED) is 0.695.